The highest BCUT2D eigenvalue weighted by Crippen LogP contribution is 2.25. The Morgan fingerprint density at radius 2 is 1.84 bits per heavy atom. The first-order chi connectivity index (χ1) is 14.9. The molecule has 4 rings (SSSR count). The van der Waals surface area contributed by atoms with Crippen molar-refractivity contribution in [2.45, 2.75) is 19.8 Å². The molecule has 0 saturated carbocycles. The maximum atomic E-state index is 14.5. The van der Waals surface area contributed by atoms with Crippen LogP contribution >= 0.6 is 0 Å². The lowest BCUT2D eigenvalue weighted by molar-refractivity contribution is -0.127. The summed E-state index contributed by atoms with van der Waals surface area (Å²) in [5.41, 5.74) is 2.62. The van der Waals surface area contributed by atoms with Crippen molar-refractivity contribution >= 4 is 35.3 Å². The van der Waals surface area contributed by atoms with E-state index < -0.39 is 24.4 Å². The van der Waals surface area contributed by atoms with Gasteiger partial charge in [0, 0.05) is 18.8 Å². The summed E-state index contributed by atoms with van der Waals surface area (Å²) in [6, 6.07) is 11.2. The summed E-state index contributed by atoms with van der Waals surface area (Å²) < 4.78 is 14.5. The lowest BCUT2D eigenvalue weighted by atomic mass is 10.1. The van der Waals surface area contributed by atoms with Crippen LogP contribution in [0.15, 0.2) is 48.2 Å². The third-order valence-electron chi connectivity index (χ3n) is 5.33. The first-order valence-electron chi connectivity index (χ1n) is 10.2. The third-order valence-corrected chi connectivity index (χ3v) is 5.33. The van der Waals surface area contributed by atoms with E-state index in [1.54, 1.807) is 24.3 Å². The van der Waals surface area contributed by atoms with E-state index in [0.717, 1.165) is 36.4 Å². The molecule has 2 fully saturated rings. The summed E-state index contributed by atoms with van der Waals surface area (Å²) in [6.45, 7) is 3.16. The van der Waals surface area contributed by atoms with Crippen LogP contribution in [0.3, 0.4) is 0 Å². The molecule has 2 aliphatic rings. The average Bonchev–Trinajstić information content (AvgIpc) is 3.35. The highest BCUT2D eigenvalue weighted by molar-refractivity contribution is 6.15. The van der Waals surface area contributed by atoms with E-state index >= 15 is 0 Å². The number of urea groups is 1. The lowest BCUT2D eigenvalue weighted by Gasteiger charge is -2.18. The van der Waals surface area contributed by atoms with Crippen molar-refractivity contribution in [2.24, 2.45) is 0 Å². The van der Waals surface area contributed by atoms with E-state index in [9.17, 15) is 18.8 Å². The molecule has 0 aliphatic carbocycles. The van der Waals surface area contributed by atoms with Gasteiger partial charge in [0.05, 0.1) is 5.69 Å². The van der Waals surface area contributed by atoms with Gasteiger partial charge in [-0.1, -0.05) is 23.8 Å². The van der Waals surface area contributed by atoms with Gasteiger partial charge in [0.15, 0.2) is 0 Å². The molecule has 0 atom stereocenters. The van der Waals surface area contributed by atoms with Gasteiger partial charge in [-0.05, 0) is 55.7 Å². The Kier molecular flexibility index (Phi) is 5.70. The number of hydrogen-bond acceptors (Lipinski definition) is 4. The SMILES string of the molecule is Cc1ccc(NC(=O)CN2C(=O)N/C(=C\c3ccc(N4CCCC4)c(F)c3)C2=O)cc1. The molecule has 4 amide bonds. The summed E-state index contributed by atoms with van der Waals surface area (Å²) in [7, 11) is 0. The van der Waals surface area contributed by atoms with Crippen LogP contribution in [0, 0.1) is 12.7 Å². The number of amides is 4. The van der Waals surface area contributed by atoms with E-state index in [-0.39, 0.29) is 11.5 Å². The van der Waals surface area contributed by atoms with Crippen LogP contribution in [0.4, 0.5) is 20.6 Å². The number of carbonyl (C=O) groups is 3. The van der Waals surface area contributed by atoms with Crippen LogP contribution in [0.25, 0.3) is 6.08 Å². The Bertz CT molecular complexity index is 1060. The van der Waals surface area contributed by atoms with Crippen LogP contribution in [-0.4, -0.2) is 42.4 Å². The molecule has 0 spiro atoms. The summed E-state index contributed by atoms with van der Waals surface area (Å²) in [6.07, 6.45) is 3.49. The predicted octanol–water partition coefficient (Wildman–Crippen LogP) is 3.27. The Labute approximate surface area is 179 Å². The first-order valence-corrected chi connectivity index (χ1v) is 10.2. The van der Waals surface area contributed by atoms with E-state index in [2.05, 4.69) is 10.6 Å². The van der Waals surface area contributed by atoms with E-state index in [4.69, 9.17) is 0 Å². The minimum Gasteiger partial charge on any atom is -0.369 e. The fourth-order valence-electron chi connectivity index (χ4n) is 3.69. The minimum absolute atomic E-state index is 0.00135. The van der Waals surface area contributed by atoms with E-state index in [1.165, 1.54) is 12.1 Å². The van der Waals surface area contributed by atoms with Crippen molar-refractivity contribution in [2.75, 3.05) is 29.9 Å². The molecule has 0 bridgehead atoms. The summed E-state index contributed by atoms with van der Waals surface area (Å²) in [5.74, 6) is -1.50. The first kappa shape index (κ1) is 20.6. The Morgan fingerprint density at radius 3 is 2.52 bits per heavy atom. The van der Waals surface area contributed by atoms with E-state index in [0.29, 0.717) is 16.9 Å². The molecule has 2 aliphatic heterocycles. The third kappa shape index (κ3) is 4.58. The van der Waals surface area contributed by atoms with Gasteiger partial charge in [-0.25, -0.2) is 14.1 Å². The second-order valence-corrected chi connectivity index (χ2v) is 7.70. The summed E-state index contributed by atoms with van der Waals surface area (Å²) in [5, 5.41) is 5.11. The number of halogens is 1. The lowest BCUT2D eigenvalue weighted by Crippen LogP contribution is -2.38. The van der Waals surface area contributed by atoms with Gasteiger partial charge in [0.1, 0.15) is 18.1 Å². The van der Waals surface area contributed by atoms with Gasteiger partial charge in [0.2, 0.25) is 5.91 Å². The zero-order valence-electron chi connectivity index (χ0n) is 17.2. The largest absolute Gasteiger partial charge is 0.369 e. The van der Waals surface area contributed by atoms with Crippen LogP contribution < -0.4 is 15.5 Å². The molecule has 0 aromatic heterocycles. The molecule has 31 heavy (non-hydrogen) atoms. The summed E-state index contributed by atoms with van der Waals surface area (Å²) >= 11 is 0. The second-order valence-electron chi connectivity index (χ2n) is 7.70. The molecule has 0 radical (unpaired) electrons. The van der Waals surface area contributed by atoms with Gasteiger partial charge in [-0.15, -0.1) is 0 Å². The normalized spacial score (nSPS) is 17.4. The van der Waals surface area contributed by atoms with Gasteiger partial charge < -0.3 is 15.5 Å². The highest BCUT2D eigenvalue weighted by atomic mass is 19.1. The molecular weight excluding hydrogens is 399 g/mol. The molecule has 2 aromatic rings. The van der Waals surface area contributed by atoms with Crippen molar-refractivity contribution in [3.05, 3.63) is 65.1 Å². The quantitative estimate of drug-likeness (QED) is 0.573. The van der Waals surface area contributed by atoms with Crippen molar-refractivity contribution < 1.29 is 18.8 Å². The number of rotatable bonds is 5. The van der Waals surface area contributed by atoms with Crippen molar-refractivity contribution in [3.63, 3.8) is 0 Å². The predicted molar refractivity (Wildman–Crippen MR) is 116 cm³/mol. The Hall–Kier alpha value is -3.68. The molecule has 2 saturated heterocycles. The van der Waals surface area contributed by atoms with Crippen LogP contribution in [-0.2, 0) is 9.59 Å². The number of imide groups is 1. The van der Waals surface area contributed by atoms with Gasteiger partial charge >= 0.3 is 6.03 Å². The van der Waals surface area contributed by atoms with Crippen LogP contribution in [0.1, 0.15) is 24.0 Å². The average molecular weight is 422 g/mol. The van der Waals surface area contributed by atoms with Crippen molar-refractivity contribution in [1.82, 2.24) is 10.2 Å². The zero-order chi connectivity index (χ0) is 22.0. The Balaban J connectivity index is 1.43. The molecule has 160 valence electrons. The zero-order valence-corrected chi connectivity index (χ0v) is 17.2. The Morgan fingerprint density at radius 1 is 1.13 bits per heavy atom. The molecular formula is C23H23FN4O3. The molecule has 0 unspecified atom stereocenters. The van der Waals surface area contributed by atoms with Gasteiger partial charge in [-0.3, -0.25) is 9.59 Å². The number of hydrogen-bond donors (Lipinski definition) is 2. The second kappa shape index (κ2) is 8.59. The molecule has 7 nitrogen and oxygen atoms in total. The number of aryl methyl sites for hydroxylation is 1. The van der Waals surface area contributed by atoms with Crippen molar-refractivity contribution in [3.8, 4) is 0 Å². The smallest absolute Gasteiger partial charge is 0.329 e. The molecule has 8 heteroatoms. The van der Waals surface area contributed by atoms with Crippen LogP contribution in [0.5, 0.6) is 0 Å². The van der Waals surface area contributed by atoms with E-state index in [1.807, 2.05) is 24.0 Å². The molecule has 2 heterocycles. The maximum Gasteiger partial charge on any atom is 0.329 e. The monoisotopic (exact) mass is 422 g/mol. The standard InChI is InChI=1S/C23H23FN4O3/c1-15-4-7-17(8-5-15)25-21(29)14-28-22(30)19(26-23(28)31)13-16-6-9-20(18(24)12-16)27-10-2-3-11-27/h4-9,12-13H,2-3,10-11,14H2,1H3,(H,25,29)(H,26,31)/b19-13-. The minimum atomic E-state index is -0.690. The van der Waals surface area contributed by atoms with Crippen LogP contribution in [0.2, 0.25) is 0 Å². The number of carbonyl (C=O) groups excluding carboxylic acids is 3. The fourth-order valence-corrected chi connectivity index (χ4v) is 3.69. The van der Waals surface area contributed by atoms with Gasteiger partial charge in [-0.2, -0.15) is 0 Å². The van der Waals surface area contributed by atoms with Crippen molar-refractivity contribution in [1.29, 1.82) is 0 Å². The molecule has 2 aromatic carbocycles. The highest BCUT2D eigenvalue weighted by Gasteiger charge is 2.35. The molecule has 2 N–H and O–H groups in total. The number of nitrogens with one attached hydrogen (secondary N) is 2. The summed E-state index contributed by atoms with van der Waals surface area (Å²) in [4.78, 5) is 39.9. The number of anilines is 2. The maximum absolute atomic E-state index is 14.5. The number of benzene rings is 2. The number of nitrogens with zero attached hydrogens (tertiary/aromatic N) is 2. The fraction of sp³-hybridized carbons (Fsp3) is 0.261. The topological polar surface area (TPSA) is 81.8 Å². The van der Waals surface area contributed by atoms with Gasteiger partial charge in [0.25, 0.3) is 5.91 Å².